The summed E-state index contributed by atoms with van der Waals surface area (Å²) in [7, 11) is 0. The van der Waals surface area contributed by atoms with Gasteiger partial charge in [-0.25, -0.2) is 4.79 Å². The normalized spacial score (nSPS) is 13.4. The molecule has 2 aromatic carbocycles. The molecule has 0 bridgehead atoms. The highest BCUT2D eigenvalue weighted by Gasteiger charge is 2.27. The zero-order valence-electron chi connectivity index (χ0n) is 17.2. The van der Waals surface area contributed by atoms with E-state index in [0.717, 1.165) is 0 Å². The standard InChI is InChI=1S/C21H21ClN4O5S/c1-2-31-20(28)14-7-8-17(18(13-14)26(29)30)24-9-11-25(12-10-24)21(32)23-19(27)15-5-3-4-6-16(15)22/h3-8,13H,2,9-12H2,1H3,(H,23,27,32). The van der Waals surface area contributed by atoms with Gasteiger partial charge >= 0.3 is 5.97 Å². The molecule has 1 fully saturated rings. The topological polar surface area (TPSA) is 105 Å². The summed E-state index contributed by atoms with van der Waals surface area (Å²) in [5.41, 5.74) is 0.698. The number of carbonyl (C=O) groups is 2. The Kier molecular flexibility index (Phi) is 7.60. The molecule has 1 amide bonds. The first-order valence-corrected chi connectivity index (χ1v) is 10.7. The number of hydrogen-bond acceptors (Lipinski definition) is 7. The predicted octanol–water partition coefficient (Wildman–Crippen LogP) is 3.26. The van der Waals surface area contributed by atoms with Crippen LogP contribution in [0.5, 0.6) is 0 Å². The second-order valence-electron chi connectivity index (χ2n) is 6.89. The van der Waals surface area contributed by atoms with Gasteiger partial charge in [0.2, 0.25) is 0 Å². The zero-order valence-corrected chi connectivity index (χ0v) is 18.8. The van der Waals surface area contributed by atoms with Gasteiger partial charge in [-0.15, -0.1) is 0 Å². The number of nitro benzene ring substituents is 1. The molecule has 1 saturated heterocycles. The van der Waals surface area contributed by atoms with E-state index in [1.54, 1.807) is 37.3 Å². The molecule has 0 aromatic heterocycles. The summed E-state index contributed by atoms with van der Waals surface area (Å²) in [6.07, 6.45) is 0. The van der Waals surface area contributed by atoms with Gasteiger partial charge in [0, 0.05) is 32.2 Å². The minimum atomic E-state index is -0.605. The quantitative estimate of drug-likeness (QED) is 0.303. The van der Waals surface area contributed by atoms with E-state index in [4.69, 9.17) is 28.6 Å². The van der Waals surface area contributed by atoms with E-state index in [0.29, 0.717) is 42.5 Å². The molecule has 0 radical (unpaired) electrons. The number of nitro groups is 1. The Hall–Kier alpha value is -3.24. The van der Waals surface area contributed by atoms with Crippen LogP contribution in [0, 0.1) is 10.1 Å². The Morgan fingerprint density at radius 2 is 1.88 bits per heavy atom. The highest BCUT2D eigenvalue weighted by molar-refractivity contribution is 7.80. The molecule has 0 saturated carbocycles. The Balaban J connectivity index is 1.65. The molecule has 1 N–H and O–H groups in total. The van der Waals surface area contributed by atoms with Crippen LogP contribution in [0.2, 0.25) is 5.02 Å². The summed E-state index contributed by atoms with van der Waals surface area (Å²) < 4.78 is 4.92. The van der Waals surface area contributed by atoms with Crippen LogP contribution in [0.3, 0.4) is 0 Å². The van der Waals surface area contributed by atoms with Crippen LogP contribution in [0.1, 0.15) is 27.6 Å². The molecular formula is C21H21ClN4O5S. The number of benzene rings is 2. The smallest absolute Gasteiger partial charge is 0.338 e. The van der Waals surface area contributed by atoms with Crippen molar-refractivity contribution in [3.63, 3.8) is 0 Å². The van der Waals surface area contributed by atoms with Gasteiger partial charge in [-0.05, 0) is 43.4 Å². The van der Waals surface area contributed by atoms with Crippen molar-refractivity contribution >= 4 is 52.2 Å². The number of amides is 1. The second-order valence-corrected chi connectivity index (χ2v) is 7.69. The monoisotopic (exact) mass is 476 g/mol. The molecule has 9 nitrogen and oxygen atoms in total. The average Bonchev–Trinajstić information content (AvgIpc) is 2.79. The first kappa shape index (κ1) is 23.4. The number of carbonyl (C=O) groups excluding carboxylic acids is 2. The number of piperazine rings is 1. The number of hydrogen-bond donors (Lipinski definition) is 1. The fourth-order valence-corrected chi connectivity index (χ4v) is 3.81. The minimum Gasteiger partial charge on any atom is -0.462 e. The lowest BCUT2D eigenvalue weighted by Gasteiger charge is -2.37. The van der Waals surface area contributed by atoms with Crippen LogP contribution < -0.4 is 10.2 Å². The third-order valence-electron chi connectivity index (χ3n) is 4.93. The van der Waals surface area contributed by atoms with E-state index in [1.165, 1.54) is 12.1 Å². The first-order chi connectivity index (χ1) is 15.3. The van der Waals surface area contributed by atoms with Crippen molar-refractivity contribution in [1.82, 2.24) is 10.2 Å². The molecule has 1 aliphatic rings. The molecule has 0 atom stereocenters. The van der Waals surface area contributed by atoms with Crippen molar-refractivity contribution in [2.45, 2.75) is 6.92 Å². The molecule has 32 heavy (non-hydrogen) atoms. The average molecular weight is 477 g/mol. The van der Waals surface area contributed by atoms with Crippen LogP contribution in [0.4, 0.5) is 11.4 Å². The largest absolute Gasteiger partial charge is 0.462 e. The maximum Gasteiger partial charge on any atom is 0.338 e. The number of rotatable bonds is 5. The molecule has 0 aliphatic carbocycles. The van der Waals surface area contributed by atoms with Gasteiger partial charge in [-0.2, -0.15) is 0 Å². The van der Waals surface area contributed by atoms with E-state index in [1.807, 2.05) is 9.80 Å². The third-order valence-corrected chi connectivity index (χ3v) is 5.62. The molecule has 11 heteroatoms. The summed E-state index contributed by atoms with van der Waals surface area (Å²) in [6, 6.07) is 11.0. The molecule has 3 rings (SSSR count). The van der Waals surface area contributed by atoms with Gasteiger partial charge in [-0.3, -0.25) is 20.2 Å². The summed E-state index contributed by atoms with van der Waals surface area (Å²) in [6.45, 7) is 3.66. The van der Waals surface area contributed by atoms with Gasteiger partial charge in [0.05, 0.1) is 27.7 Å². The number of nitrogens with one attached hydrogen (secondary N) is 1. The van der Waals surface area contributed by atoms with E-state index in [9.17, 15) is 19.7 Å². The van der Waals surface area contributed by atoms with Crippen LogP contribution >= 0.6 is 23.8 Å². The molecule has 2 aromatic rings. The number of nitrogens with zero attached hydrogens (tertiary/aromatic N) is 3. The summed E-state index contributed by atoms with van der Waals surface area (Å²) in [5.74, 6) is -1.00. The van der Waals surface area contributed by atoms with Gasteiger partial charge in [0.15, 0.2) is 5.11 Å². The lowest BCUT2D eigenvalue weighted by atomic mass is 10.1. The Morgan fingerprint density at radius 1 is 1.19 bits per heavy atom. The van der Waals surface area contributed by atoms with Crippen LogP contribution in [0.15, 0.2) is 42.5 Å². The Labute approximate surface area is 195 Å². The summed E-state index contributed by atoms with van der Waals surface area (Å²) in [4.78, 5) is 39.1. The minimum absolute atomic E-state index is 0.129. The molecule has 0 spiro atoms. The zero-order chi connectivity index (χ0) is 23.3. The highest BCUT2D eigenvalue weighted by Crippen LogP contribution is 2.30. The Morgan fingerprint density at radius 3 is 2.50 bits per heavy atom. The maximum atomic E-state index is 12.4. The van der Waals surface area contributed by atoms with Gasteiger partial charge in [0.1, 0.15) is 5.69 Å². The number of halogens is 1. The van der Waals surface area contributed by atoms with Crippen LogP contribution in [-0.4, -0.2) is 59.6 Å². The molecule has 168 valence electrons. The highest BCUT2D eigenvalue weighted by atomic mass is 35.5. The maximum absolute atomic E-state index is 12.4. The van der Waals surface area contributed by atoms with Crippen molar-refractivity contribution in [2.24, 2.45) is 0 Å². The number of esters is 1. The fraction of sp³-hybridized carbons (Fsp3) is 0.286. The van der Waals surface area contributed by atoms with Crippen molar-refractivity contribution in [1.29, 1.82) is 0 Å². The summed E-state index contributed by atoms with van der Waals surface area (Å²) in [5, 5.41) is 14.9. The van der Waals surface area contributed by atoms with Crippen LogP contribution in [0.25, 0.3) is 0 Å². The fourth-order valence-electron chi connectivity index (χ4n) is 3.32. The van der Waals surface area contributed by atoms with Gasteiger partial charge < -0.3 is 14.5 Å². The van der Waals surface area contributed by atoms with Crippen LogP contribution in [-0.2, 0) is 4.74 Å². The van der Waals surface area contributed by atoms with Gasteiger partial charge in [0.25, 0.3) is 11.6 Å². The summed E-state index contributed by atoms with van der Waals surface area (Å²) >= 11 is 11.4. The second kappa shape index (κ2) is 10.4. The molecular weight excluding hydrogens is 456 g/mol. The number of ether oxygens (including phenoxy) is 1. The van der Waals surface area contributed by atoms with Crippen molar-refractivity contribution in [3.05, 3.63) is 68.7 Å². The van der Waals surface area contributed by atoms with E-state index in [2.05, 4.69) is 5.32 Å². The molecule has 1 aliphatic heterocycles. The number of anilines is 1. The lowest BCUT2D eigenvalue weighted by molar-refractivity contribution is -0.384. The van der Waals surface area contributed by atoms with E-state index in [-0.39, 0.29) is 23.0 Å². The van der Waals surface area contributed by atoms with Gasteiger partial charge in [-0.1, -0.05) is 23.7 Å². The van der Waals surface area contributed by atoms with Crippen molar-refractivity contribution in [2.75, 3.05) is 37.7 Å². The number of thiocarbonyl (C=S) groups is 1. The van der Waals surface area contributed by atoms with Crippen molar-refractivity contribution in [3.8, 4) is 0 Å². The van der Waals surface area contributed by atoms with Crippen molar-refractivity contribution < 1.29 is 19.2 Å². The SMILES string of the molecule is CCOC(=O)c1ccc(N2CCN(C(=S)NC(=O)c3ccccc3Cl)CC2)c([N+](=O)[O-])c1. The molecule has 0 unspecified atom stereocenters. The van der Waals surface area contributed by atoms with E-state index < -0.39 is 16.8 Å². The first-order valence-electron chi connectivity index (χ1n) is 9.87. The third kappa shape index (κ3) is 5.32. The molecule has 1 heterocycles. The lowest BCUT2D eigenvalue weighted by Crippen LogP contribution is -2.52. The Bertz CT molecular complexity index is 1060. The predicted molar refractivity (Wildman–Crippen MR) is 124 cm³/mol. The van der Waals surface area contributed by atoms with E-state index >= 15 is 0 Å².